The van der Waals surface area contributed by atoms with E-state index >= 15 is 0 Å². The summed E-state index contributed by atoms with van der Waals surface area (Å²) in [4.78, 5) is 85.3. The van der Waals surface area contributed by atoms with Crippen LogP contribution in [0.3, 0.4) is 0 Å². The topological polar surface area (TPSA) is 161 Å². The van der Waals surface area contributed by atoms with E-state index in [4.69, 9.17) is 14.2 Å². The van der Waals surface area contributed by atoms with Crippen LogP contribution in [-0.2, 0) is 51.4 Å². The number of piperidine rings is 1. The van der Waals surface area contributed by atoms with Crippen LogP contribution in [0.25, 0.3) is 0 Å². The average molecular weight is 735 g/mol. The predicted molar refractivity (Wildman–Crippen MR) is 196 cm³/mol. The molecule has 2 aliphatic heterocycles. The summed E-state index contributed by atoms with van der Waals surface area (Å²) in [6.07, 6.45) is 1.35. The Morgan fingerprint density at radius 3 is 1.92 bits per heavy atom. The number of carbonyl (C=O) groups excluding carboxylic acids is 6. The standard InChI is InChI=1S/C40H54N4O9/c1-27(2)23-32(38(49)52-26-29-17-10-7-11-18-29)42-35(46)31(24-33(45)51-25-28-15-8-6-9-16-28)41-36(47)34-30(37(48)43-20-12-13-21-43)19-14-22-44(34)39(50)53-40(3,4)5/h6-11,15-18,27,30-32,34H,12-14,19-26H2,1-5H3,(H,41,47)(H,42,46)/t30-,31-,32-,34+/m0/s1. The maximum absolute atomic E-state index is 14.4. The number of hydrogen-bond donors (Lipinski definition) is 2. The predicted octanol–water partition coefficient (Wildman–Crippen LogP) is 4.52. The molecule has 2 fully saturated rings. The third-order valence-corrected chi connectivity index (χ3v) is 9.04. The van der Waals surface area contributed by atoms with Gasteiger partial charge in [0.2, 0.25) is 17.7 Å². The Labute approximate surface area is 312 Å². The Morgan fingerprint density at radius 1 is 0.774 bits per heavy atom. The molecular formula is C40H54N4O9. The molecule has 2 aliphatic rings. The number of hydrogen-bond acceptors (Lipinski definition) is 9. The molecule has 0 aromatic heterocycles. The highest BCUT2D eigenvalue weighted by Gasteiger charge is 2.47. The van der Waals surface area contributed by atoms with Crippen molar-refractivity contribution in [1.29, 1.82) is 0 Å². The van der Waals surface area contributed by atoms with E-state index < -0.39 is 65.9 Å². The molecule has 0 bridgehead atoms. The minimum Gasteiger partial charge on any atom is -0.461 e. The Kier molecular flexibility index (Phi) is 14.8. The first-order valence-corrected chi connectivity index (χ1v) is 18.5. The van der Waals surface area contributed by atoms with E-state index in [1.807, 2.05) is 50.2 Å². The van der Waals surface area contributed by atoms with Crippen LogP contribution in [0, 0.1) is 11.8 Å². The largest absolute Gasteiger partial charge is 0.461 e. The lowest BCUT2D eigenvalue weighted by Crippen LogP contribution is -2.62. The van der Waals surface area contributed by atoms with Crippen molar-refractivity contribution in [1.82, 2.24) is 20.4 Å². The molecule has 4 amide bonds. The van der Waals surface area contributed by atoms with Gasteiger partial charge in [0.1, 0.15) is 36.9 Å². The normalized spacial score (nSPS) is 18.5. The van der Waals surface area contributed by atoms with Crippen molar-refractivity contribution in [2.75, 3.05) is 19.6 Å². The summed E-state index contributed by atoms with van der Waals surface area (Å²) in [6.45, 7) is 10.1. The molecule has 2 heterocycles. The van der Waals surface area contributed by atoms with Gasteiger partial charge < -0.3 is 29.7 Å². The van der Waals surface area contributed by atoms with Gasteiger partial charge in [0.05, 0.1) is 12.3 Å². The number of rotatable bonds is 14. The molecule has 2 saturated heterocycles. The van der Waals surface area contributed by atoms with Gasteiger partial charge in [0, 0.05) is 19.6 Å². The van der Waals surface area contributed by atoms with Gasteiger partial charge in [-0.15, -0.1) is 0 Å². The fourth-order valence-corrected chi connectivity index (χ4v) is 6.49. The first-order chi connectivity index (χ1) is 25.2. The smallest absolute Gasteiger partial charge is 0.410 e. The van der Waals surface area contributed by atoms with Crippen LogP contribution in [0.1, 0.15) is 84.3 Å². The van der Waals surface area contributed by atoms with Crippen molar-refractivity contribution in [2.24, 2.45) is 11.8 Å². The number of nitrogens with one attached hydrogen (secondary N) is 2. The van der Waals surface area contributed by atoms with Gasteiger partial charge >= 0.3 is 18.0 Å². The first-order valence-electron chi connectivity index (χ1n) is 18.5. The SMILES string of the molecule is CC(C)C[C@H](NC(=O)[C@H](CC(=O)OCc1ccccc1)NC(=O)[C@H]1[C@@H](C(=O)N2CCCC2)CCCN1C(=O)OC(C)(C)C)C(=O)OCc1ccccc1. The lowest BCUT2D eigenvalue weighted by Gasteiger charge is -2.41. The van der Waals surface area contributed by atoms with Gasteiger partial charge in [0.25, 0.3) is 0 Å². The monoisotopic (exact) mass is 734 g/mol. The zero-order valence-corrected chi connectivity index (χ0v) is 31.5. The lowest BCUT2D eigenvalue weighted by molar-refractivity contribution is -0.151. The van der Waals surface area contributed by atoms with Crippen LogP contribution in [0.2, 0.25) is 0 Å². The second kappa shape index (κ2) is 19.2. The van der Waals surface area contributed by atoms with Crippen LogP contribution >= 0.6 is 0 Å². The second-order valence-corrected chi connectivity index (χ2v) is 15.1. The molecule has 288 valence electrons. The van der Waals surface area contributed by atoms with Crippen molar-refractivity contribution < 1.29 is 43.0 Å². The Balaban J connectivity index is 1.60. The zero-order chi connectivity index (χ0) is 38.5. The van der Waals surface area contributed by atoms with Crippen LogP contribution in [0.4, 0.5) is 4.79 Å². The van der Waals surface area contributed by atoms with Crippen molar-refractivity contribution in [3.05, 3.63) is 71.8 Å². The number of carbonyl (C=O) groups is 6. The lowest BCUT2D eigenvalue weighted by atomic mass is 9.87. The number of benzene rings is 2. The fourth-order valence-electron chi connectivity index (χ4n) is 6.49. The molecule has 53 heavy (non-hydrogen) atoms. The molecule has 0 unspecified atom stereocenters. The van der Waals surface area contributed by atoms with E-state index in [-0.39, 0.29) is 38.0 Å². The van der Waals surface area contributed by atoms with Crippen molar-refractivity contribution >= 4 is 35.8 Å². The molecule has 0 aliphatic carbocycles. The first kappa shape index (κ1) is 40.8. The van der Waals surface area contributed by atoms with Crippen molar-refractivity contribution in [3.63, 3.8) is 0 Å². The van der Waals surface area contributed by atoms with Gasteiger partial charge in [-0.3, -0.25) is 24.1 Å². The summed E-state index contributed by atoms with van der Waals surface area (Å²) >= 11 is 0. The third kappa shape index (κ3) is 12.6. The minimum absolute atomic E-state index is 0.00920. The third-order valence-electron chi connectivity index (χ3n) is 9.04. The number of amides is 4. The van der Waals surface area contributed by atoms with Gasteiger partial charge in [-0.05, 0) is 69.9 Å². The van der Waals surface area contributed by atoms with Crippen LogP contribution < -0.4 is 10.6 Å². The minimum atomic E-state index is -1.52. The Hall–Kier alpha value is -4.94. The molecule has 0 radical (unpaired) electrons. The summed E-state index contributed by atoms with van der Waals surface area (Å²) in [5.41, 5.74) is 0.611. The van der Waals surface area contributed by atoms with Crippen molar-refractivity contribution in [2.45, 2.75) is 110 Å². The summed E-state index contributed by atoms with van der Waals surface area (Å²) in [5.74, 6) is -4.25. The van der Waals surface area contributed by atoms with Gasteiger partial charge in [0.15, 0.2) is 0 Å². The fraction of sp³-hybridized carbons (Fsp3) is 0.550. The molecule has 0 saturated carbocycles. The molecular weight excluding hydrogens is 680 g/mol. The number of esters is 2. The highest BCUT2D eigenvalue weighted by molar-refractivity contribution is 5.97. The van der Waals surface area contributed by atoms with Crippen LogP contribution in [0.15, 0.2) is 60.7 Å². The maximum Gasteiger partial charge on any atom is 0.410 e. The van der Waals surface area contributed by atoms with E-state index in [0.29, 0.717) is 25.9 Å². The second-order valence-electron chi connectivity index (χ2n) is 15.1. The Morgan fingerprint density at radius 2 is 1.36 bits per heavy atom. The van der Waals surface area contributed by atoms with E-state index in [1.54, 1.807) is 49.9 Å². The summed E-state index contributed by atoms with van der Waals surface area (Å²) in [6, 6.07) is 14.2. The molecule has 13 heteroatoms. The molecule has 2 N–H and O–H groups in total. The number of nitrogens with zero attached hydrogens (tertiary/aromatic N) is 2. The van der Waals surface area contributed by atoms with Crippen LogP contribution in [-0.4, -0.2) is 88.9 Å². The van der Waals surface area contributed by atoms with E-state index in [0.717, 1.165) is 24.0 Å². The zero-order valence-electron chi connectivity index (χ0n) is 31.5. The molecule has 0 spiro atoms. The Bertz CT molecular complexity index is 1550. The molecule has 2 aromatic carbocycles. The van der Waals surface area contributed by atoms with E-state index in [9.17, 15) is 28.8 Å². The highest BCUT2D eigenvalue weighted by atomic mass is 16.6. The maximum atomic E-state index is 14.4. The van der Waals surface area contributed by atoms with Gasteiger partial charge in [-0.1, -0.05) is 74.5 Å². The quantitative estimate of drug-likeness (QED) is 0.210. The van der Waals surface area contributed by atoms with Gasteiger partial charge in [-0.25, -0.2) is 9.59 Å². The van der Waals surface area contributed by atoms with Gasteiger partial charge in [-0.2, -0.15) is 0 Å². The molecule has 13 nitrogen and oxygen atoms in total. The highest BCUT2D eigenvalue weighted by Crippen LogP contribution is 2.29. The summed E-state index contributed by atoms with van der Waals surface area (Å²) in [5, 5.41) is 5.37. The van der Waals surface area contributed by atoms with E-state index in [1.165, 1.54) is 4.90 Å². The summed E-state index contributed by atoms with van der Waals surface area (Å²) < 4.78 is 16.7. The molecule has 2 aromatic rings. The van der Waals surface area contributed by atoms with Crippen molar-refractivity contribution in [3.8, 4) is 0 Å². The molecule has 4 atom stereocenters. The molecule has 4 rings (SSSR count). The summed E-state index contributed by atoms with van der Waals surface area (Å²) in [7, 11) is 0. The number of likely N-dealkylation sites (tertiary alicyclic amines) is 2. The van der Waals surface area contributed by atoms with Crippen LogP contribution in [0.5, 0.6) is 0 Å². The average Bonchev–Trinajstić information content (AvgIpc) is 3.67. The number of ether oxygens (including phenoxy) is 3. The van der Waals surface area contributed by atoms with E-state index in [2.05, 4.69) is 10.6 Å².